The molecule has 1 heterocycles. The van der Waals surface area contributed by atoms with Crippen molar-refractivity contribution < 1.29 is 0 Å². The van der Waals surface area contributed by atoms with Gasteiger partial charge in [-0.15, -0.1) is 6.58 Å². The Hall–Kier alpha value is -0.340. The predicted molar refractivity (Wildman–Crippen MR) is 62.5 cm³/mol. The monoisotopic (exact) mass is 196 g/mol. The fraction of sp³-hybridized carbons (Fsp3) is 0.833. The zero-order valence-corrected chi connectivity index (χ0v) is 9.84. The second kappa shape index (κ2) is 4.94. The maximum atomic E-state index is 3.80. The zero-order chi connectivity index (χ0) is 10.6. The normalized spacial score (nSPS) is 27.5. The van der Waals surface area contributed by atoms with E-state index in [1.54, 1.807) is 0 Å². The second-order valence-electron chi connectivity index (χ2n) is 5.04. The van der Waals surface area contributed by atoms with Crippen LogP contribution in [0.15, 0.2) is 12.7 Å². The van der Waals surface area contributed by atoms with E-state index in [1.807, 2.05) is 13.1 Å². The minimum absolute atomic E-state index is 0.487. The van der Waals surface area contributed by atoms with Gasteiger partial charge in [-0.05, 0) is 37.9 Å². The first-order valence-corrected chi connectivity index (χ1v) is 5.58. The van der Waals surface area contributed by atoms with Crippen LogP contribution in [-0.2, 0) is 0 Å². The van der Waals surface area contributed by atoms with Gasteiger partial charge in [0, 0.05) is 13.1 Å². The van der Waals surface area contributed by atoms with E-state index >= 15 is 0 Å². The molecule has 0 saturated carbocycles. The summed E-state index contributed by atoms with van der Waals surface area (Å²) in [6.45, 7) is 13.2. The molecule has 0 spiro atoms. The van der Waals surface area contributed by atoms with E-state index in [0.29, 0.717) is 5.41 Å². The molecule has 1 atom stereocenters. The Labute approximate surface area is 88.4 Å². The Bertz CT molecular complexity index is 187. The van der Waals surface area contributed by atoms with Gasteiger partial charge in [-0.2, -0.15) is 0 Å². The van der Waals surface area contributed by atoms with Crippen LogP contribution in [0, 0.1) is 11.3 Å². The molecule has 1 aliphatic heterocycles. The molecule has 2 nitrogen and oxygen atoms in total. The lowest BCUT2D eigenvalue weighted by atomic mass is 9.73. The first-order chi connectivity index (χ1) is 6.60. The number of hydrogen-bond donors (Lipinski definition) is 1. The molecule has 0 aromatic rings. The van der Waals surface area contributed by atoms with Gasteiger partial charge in [0.1, 0.15) is 0 Å². The molecule has 1 rings (SSSR count). The summed E-state index contributed by atoms with van der Waals surface area (Å²) < 4.78 is 0. The minimum Gasteiger partial charge on any atom is -0.319 e. The number of piperidine rings is 1. The number of nitrogens with zero attached hydrogens (tertiary/aromatic N) is 1. The summed E-state index contributed by atoms with van der Waals surface area (Å²) in [6.07, 6.45) is 3.31. The molecule has 0 amide bonds. The van der Waals surface area contributed by atoms with Gasteiger partial charge in [0.25, 0.3) is 0 Å². The molecule has 1 saturated heterocycles. The molecule has 0 aromatic carbocycles. The van der Waals surface area contributed by atoms with Crippen LogP contribution in [-0.4, -0.2) is 38.1 Å². The van der Waals surface area contributed by atoms with Crippen molar-refractivity contribution in [3.8, 4) is 0 Å². The van der Waals surface area contributed by atoms with E-state index in [-0.39, 0.29) is 0 Å². The van der Waals surface area contributed by atoms with Gasteiger partial charge in [-0.3, -0.25) is 4.90 Å². The zero-order valence-electron chi connectivity index (χ0n) is 9.84. The van der Waals surface area contributed by atoms with E-state index in [4.69, 9.17) is 0 Å². The number of nitrogens with one attached hydrogen (secondary N) is 1. The third kappa shape index (κ3) is 2.82. The SMILES string of the molecule is C=CCN1CCC(C)(C)C(CNC)C1. The van der Waals surface area contributed by atoms with E-state index in [9.17, 15) is 0 Å². The van der Waals surface area contributed by atoms with Gasteiger partial charge in [-0.25, -0.2) is 0 Å². The highest BCUT2D eigenvalue weighted by Crippen LogP contribution is 2.34. The van der Waals surface area contributed by atoms with Gasteiger partial charge in [0.15, 0.2) is 0 Å². The molecule has 1 unspecified atom stereocenters. The van der Waals surface area contributed by atoms with Crippen molar-refractivity contribution in [1.82, 2.24) is 10.2 Å². The molecule has 1 aliphatic rings. The molecule has 1 fully saturated rings. The second-order valence-corrected chi connectivity index (χ2v) is 5.04. The first kappa shape index (κ1) is 11.7. The Balaban J connectivity index is 2.53. The lowest BCUT2D eigenvalue weighted by molar-refractivity contribution is 0.0683. The van der Waals surface area contributed by atoms with Gasteiger partial charge in [0.2, 0.25) is 0 Å². The van der Waals surface area contributed by atoms with Crippen LogP contribution in [0.2, 0.25) is 0 Å². The summed E-state index contributed by atoms with van der Waals surface area (Å²) in [4.78, 5) is 2.50. The number of hydrogen-bond acceptors (Lipinski definition) is 2. The highest BCUT2D eigenvalue weighted by atomic mass is 15.1. The molecule has 0 bridgehead atoms. The van der Waals surface area contributed by atoms with Gasteiger partial charge in [0.05, 0.1) is 0 Å². The van der Waals surface area contributed by atoms with Crippen molar-refractivity contribution in [3.63, 3.8) is 0 Å². The van der Waals surface area contributed by atoms with E-state index in [0.717, 1.165) is 19.0 Å². The van der Waals surface area contributed by atoms with E-state index in [2.05, 4.69) is 30.6 Å². The lowest BCUT2D eigenvalue weighted by Crippen LogP contribution is -2.48. The Morgan fingerprint density at radius 1 is 1.57 bits per heavy atom. The Morgan fingerprint density at radius 2 is 2.29 bits per heavy atom. The summed E-state index contributed by atoms with van der Waals surface area (Å²) >= 11 is 0. The molecular weight excluding hydrogens is 172 g/mol. The Morgan fingerprint density at radius 3 is 2.86 bits per heavy atom. The Kier molecular flexibility index (Phi) is 4.14. The quantitative estimate of drug-likeness (QED) is 0.689. The molecule has 0 radical (unpaired) electrons. The fourth-order valence-electron chi connectivity index (χ4n) is 2.24. The van der Waals surface area contributed by atoms with Crippen molar-refractivity contribution in [3.05, 3.63) is 12.7 Å². The average molecular weight is 196 g/mol. The topological polar surface area (TPSA) is 15.3 Å². The predicted octanol–water partition coefficient (Wildman–Crippen LogP) is 1.74. The summed E-state index contributed by atoms with van der Waals surface area (Å²) in [5, 5.41) is 3.30. The van der Waals surface area contributed by atoms with Crippen molar-refractivity contribution in [1.29, 1.82) is 0 Å². The van der Waals surface area contributed by atoms with Crippen LogP contribution in [0.1, 0.15) is 20.3 Å². The average Bonchev–Trinajstić information content (AvgIpc) is 2.12. The van der Waals surface area contributed by atoms with Crippen LogP contribution < -0.4 is 5.32 Å². The van der Waals surface area contributed by atoms with E-state index < -0.39 is 0 Å². The molecule has 82 valence electrons. The minimum atomic E-state index is 0.487. The smallest absolute Gasteiger partial charge is 0.0160 e. The van der Waals surface area contributed by atoms with Crippen molar-refractivity contribution in [2.75, 3.05) is 33.2 Å². The fourth-order valence-corrected chi connectivity index (χ4v) is 2.24. The molecule has 1 N–H and O–H groups in total. The maximum absolute atomic E-state index is 3.80. The van der Waals surface area contributed by atoms with Crippen LogP contribution in [0.25, 0.3) is 0 Å². The van der Waals surface area contributed by atoms with Crippen molar-refractivity contribution in [2.45, 2.75) is 20.3 Å². The molecule has 2 heteroatoms. The highest BCUT2D eigenvalue weighted by molar-refractivity contribution is 4.89. The van der Waals surface area contributed by atoms with Gasteiger partial charge < -0.3 is 5.32 Å². The van der Waals surface area contributed by atoms with Gasteiger partial charge >= 0.3 is 0 Å². The van der Waals surface area contributed by atoms with Crippen molar-refractivity contribution >= 4 is 0 Å². The summed E-state index contributed by atoms with van der Waals surface area (Å²) in [6, 6.07) is 0. The molecule has 0 aromatic heterocycles. The number of likely N-dealkylation sites (tertiary alicyclic amines) is 1. The van der Waals surface area contributed by atoms with E-state index in [1.165, 1.54) is 19.5 Å². The summed E-state index contributed by atoms with van der Waals surface area (Å²) in [5.41, 5.74) is 0.487. The van der Waals surface area contributed by atoms with Crippen molar-refractivity contribution in [2.24, 2.45) is 11.3 Å². The summed E-state index contributed by atoms with van der Waals surface area (Å²) in [5.74, 6) is 0.765. The van der Waals surface area contributed by atoms with Crippen LogP contribution >= 0.6 is 0 Å². The lowest BCUT2D eigenvalue weighted by Gasteiger charge is -2.43. The van der Waals surface area contributed by atoms with Gasteiger partial charge in [-0.1, -0.05) is 19.9 Å². The maximum Gasteiger partial charge on any atom is 0.0160 e. The molecule has 14 heavy (non-hydrogen) atoms. The molecular formula is C12H24N2. The van der Waals surface area contributed by atoms with Crippen LogP contribution in [0.4, 0.5) is 0 Å². The van der Waals surface area contributed by atoms with Crippen LogP contribution in [0.3, 0.4) is 0 Å². The summed E-state index contributed by atoms with van der Waals surface area (Å²) in [7, 11) is 2.04. The highest BCUT2D eigenvalue weighted by Gasteiger charge is 2.34. The van der Waals surface area contributed by atoms with Crippen LogP contribution in [0.5, 0.6) is 0 Å². The number of rotatable bonds is 4. The third-order valence-electron chi connectivity index (χ3n) is 3.49. The molecule has 0 aliphatic carbocycles. The standard InChI is InChI=1S/C12H24N2/c1-5-7-14-8-6-12(2,3)11(10-14)9-13-4/h5,11,13H,1,6-10H2,2-4H3. The largest absolute Gasteiger partial charge is 0.319 e. The third-order valence-corrected chi connectivity index (χ3v) is 3.49. The first-order valence-electron chi connectivity index (χ1n) is 5.58.